The van der Waals surface area contributed by atoms with Gasteiger partial charge in [0.2, 0.25) is 5.89 Å². The van der Waals surface area contributed by atoms with Crippen LogP contribution in [-0.2, 0) is 11.3 Å². The molecule has 1 aliphatic heterocycles. The average Bonchev–Trinajstić information content (AvgIpc) is 3.25. The summed E-state index contributed by atoms with van der Waals surface area (Å²) < 4.78 is 24.3. The van der Waals surface area contributed by atoms with Gasteiger partial charge in [-0.25, -0.2) is 9.37 Å². The van der Waals surface area contributed by atoms with Crippen LogP contribution in [0.15, 0.2) is 34.9 Å². The Hall–Kier alpha value is -1.76. The number of hydrogen-bond acceptors (Lipinski definition) is 5. The summed E-state index contributed by atoms with van der Waals surface area (Å²) in [6, 6.07) is 6.35. The summed E-state index contributed by atoms with van der Waals surface area (Å²) in [6.07, 6.45) is 4.44. The second kappa shape index (κ2) is 7.23. The van der Waals surface area contributed by atoms with Crippen molar-refractivity contribution in [1.29, 1.82) is 0 Å². The number of hydrogen-bond donors (Lipinski definition) is 1. The van der Waals surface area contributed by atoms with Gasteiger partial charge in [0, 0.05) is 30.6 Å². The number of nitrogens with zero attached hydrogens (tertiary/aromatic N) is 2. The van der Waals surface area contributed by atoms with Crippen molar-refractivity contribution in [2.45, 2.75) is 38.0 Å². The van der Waals surface area contributed by atoms with Crippen LogP contribution in [0.5, 0.6) is 0 Å². The van der Waals surface area contributed by atoms with Crippen LogP contribution in [-0.4, -0.2) is 46.9 Å². The predicted molar refractivity (Wildman–Crippen MR) is 90.3 cm³/mol. The van der Waals surface area contributed by atoms with Crippen molar-refractivity contribution in [2.24, 2.45) is 5.92 Å². The first-order valence-corrected chi connectivity index (χ1v) is 8.91. The molecule has 25 heavy (non-hydrogen) atoms. The number of aliphatic hydroxyl groups excluding tert-OH is 1. The van der Waals surface area contributed by atoms with Crippen molar-refractivity contribution in [3.63, 3.8) is 0 Å². The van der Waals surface area contributed by atoms with Gasteiger partial charge in [0.05, 0.1) is 25.0 Å². The third-order valence-corrected chi connectivity index (χ3v) is 5.31. The first kappa shape index (κ1) is 16.7. The zero-order valence-electron chi connectivity index (χ0n) is 14.1. The van der Waals surface area contributed by atoms with E-state index < -0.39 is 0 Å². The zero-order valence-corrected chi connectivity index (χ0v) is 14.1. The molecule has 3 atom stereocenters. The number of rotatable bonds is 4. The molecule has 0 radical (unpaired) electrons. The fraction of sp³-hybridized carbons (Fsp3) is 0.526. The van der Waals surface area contributed by atoms with E-state index in [1.807, 2.05) is 0 Å². The number of morpholine rings is 1. The molecule has 1 aliphatic carbocycles. The van der Waals surface area contributed by atoms with Gasteiger partial charge < -0.3 is 14.3 Å². The lowest BCUT2D eigenvalue weighted by molar-refractivity contribution is -0.0540. The Bertz CT molecular complexity index is 703. The molecular formula is C19H23FN2O3. The van der Waals surface area contributed by atoms with Crippen molar-refractivity contribution in [1.82, 2.24) is 9.88 Å². The molecule has 1 saturated carbocycles. The van der Waals surface area contributed by atoms with E-state index in [-0.39, 0.29) is 23.9 Å². The van der Waals surface area contributed by atoms with Gasteiger partial charge >= 0.3 is 0 Å². The monoisotopic (exact) mass is 346 g/mol. The van der Waals surface area contributed by atoms with Crippen molar-refractivity contribution in [3.8, 4) is 11.5 Å². The summed E-state index contributed by atoms with van der Waals surface area (Å²) in [5, 5.41) is 10.3. The third-order valence-electron chi connectivity index (χ3n) is 5.31. The van der Waals surface area contributed by atoms with E-state index in [2.05, 4.69) is 9.88 Å². The molecule has 2 heterocycles. The van der Waals surface area contributed by atoms with E-state index in [4.69, 9.17) is 9.15 Å². The number of benzene rings is 1. The number of ether oxygens (including phenoxy) is 1. The fourth-order valence-corrected chi connectivity index (χ4v) is 3.98. The lowest BCUT2D eigenvalue weighted by atomic mass is 9.94. The van der Waals surface area contributed by atoms with E-state index in [1.54, 1.807) is 18.4 Å². The normalized spacial score (nSPS) is 27.7. The van der Waals surface area contributed by atoms with Crippen molar-refractivity contribution in [2.75, 3.05) is 19.8 Å². The molecule has 0 bridgehead atoms. The molecule has 1 aromatic heterocycles. The van der Waals surface area contributed by atoms with Crippen LogP contribution in [0.2, 0.25) is 0 Å². The molecule has 6 heteroatoms. The average molecular weight is 346 g/mol. The molecule has 2 aromatic rings. The Morgan fingerprint density at radius 1 is 1.24 bits per heavy atom. The SMILES string of the molecule is OC1CCCC1C1COCCN1Cc1coc(-c2ccc(F)cc2)n1. The van der Waals surface area contributed by atoms with Crippen LogP contribution < -0.4 is 0 Å². The maximum absolute atomic E-state index is 13.0. The summed E-state index contributed by atoms with van der Waals surface area (Å²) in [5.74, 6) is 0.492. The van der Waals surface area contributed by atoms with Gasteiger partial charge in [0.1, 0.15) is 12.1 Å². The maximum atomic E-state index is 13.0. The lowest BCUT2D eigenvalue weighted by Crippen LogP contribution is -2.50. The Labute approximate surface area is 146 Å². The third kappa shape index (κ3) is 3.61. The highest BCUT2D eigenvalue weighted by molar-refractivity contribution is 5.52. The highest BCUT2D eigenvalue weighted by Gasteiger charge is 2.37. The second-order valence-corrected chi connectivity index (χ2v) is 6.93. The van der Waals surface area contributed by atoms with Crippen molar-refractivity contribution >= 4 is 0 Å². The largest absolute Gasteiger partial charge is 0.444 e. The number of halogens is 1. The molecule has 134 valence electrons. The number of oxazole rings is 1. The molecule has 3 unspecified atom stereocenters. The van der Waals surface area contributed by atoms with E-state index in [1.165, 1.54) is 12.1 Å². The molecule has 4 rings (SSSR count). The first-order chi connectivity index (χ1) is 12.2. The molecule has 1 aromatic carbocycles. The Kier molecular flexibility index (Phi) is 4.83. The summed E-state index contributed by atoms with van der Waals surface area (Å²) in [7, 11) is 0. The lowest BCUT2D eigenvalue weighted by Gasteiger charge is -2.39. The highest BCUT2D eigenvalue weighted by Crippen LogP contribution is 2.33. The topological polar surface area (TPSA) is 58.7 Å². The van der Waals surface area contributed by atoms with Crippen LogP contribution in [0.25, 0.3) is 11.5 Å². The van der Waals surface area contributed by atoms with Gasteiger partial charge in [-0.1, -0.05) is 6.42 Å². The van der Waals surface area contributed by atoms with Crippen molar-refractivity contribution in [3.05, 3.63) is 42.0 Å². The summed E-state index contributed by atoms with van der Waals surface area (Å²) in [5.41, 5.74) is 1.61. The number of aromatic nitrogens is 1. The van der Waals surface area contributed by atoms with Crippen LogP contribution in [0.3, 0.4) is 0 Å². The molecule has 1 saturated heterocycles. The fourth-order valence-electron chi connectivity index (χ4n) is 3.98. The number of aliphatic hydroxyl groups is 1. The van der Waals surface area contributed by atoms with Gasteiger partial charge in [0.15, 0.2) is 0 Å². The zero-order chi connectivity index (χ0) is 17.2. The van der Waals surface area contributed by atoms with Gasteiger partial charge in [-0.05, 0) is 37.1 Å². The summed E-state index contributed by atoms with van der Waals surface area (Å²) in [4.78, 5) is 6.89. The predicted octanol–water partition coefficient (Wildman–Crippen LogP) is 2.84. The Morgan fingerprint density at radius 3 is 2.84 bits per heavy atom. The smallest absolute Gasteiger partial charge is 0.226 e. The summed E-state index contributed by atoms with van der Waals surface area (Å²) in [6.45, 7) is 2.85. The van der Waals surface area contributed by atoms with Crippen LogP contribution >= 0.6 is 0 Å². The van der Waals surface area contributed by atoms with Crippen LogP contribution in [0.4, 0.5) is 4.39 Å². The van der Waals surface area contributed by atoms with Crippen LogP contribution in [0.1, 0.15) is 25.0 Å². The van der Waals surface area contributed by atoms with Crippen LogP contribution in [0, 0.1) is 11.7 Å². The molecule has 0 amide bonds. The van der Waals surface area contributed by atoms with E-state index in [9.17, 15) is 9.50 Å². The maximum Gasteiger partial charge on any atom is 0.226 e. The van der Waals surface area contributed by atoms with Crippen molar-refractivity contribution < 1.29 is 18.7 Å². The minimum atomic E-state index is -0.276. The first-order valence-electron chi connectivity index (χ1n) is 8.91. The molecule has 2 aliphatic rings. The second-order valence-electron chi connectivity index (χ2n) is 6.93. The highest BCUT2D eigenvalue weighted by atomic mass is 19.1. The van der Waals surface area contributed by atoms with Gasteiger partial charge in [-0.2, -0.15) is 0 Å². The standard InChI is InChI=1S/C19H23FN2O3/c20-14-6-4-13(5-7-14)19-21-15(11-25-19)10-22-8-9-24-12-17(22)16-2-1-3-18(16)23/h4-7,11,16-18,23H,1-3,8-10,12H2. The van der Waals surface area contributed by atoms with Gasteiger partial charge in [0.25, 0.3) is 0 Å². The Morgan fingerprint density at radius 2 is 2.08 bits per heavy atom. The molecule has 0 spiro atoms. The quantitative estimate of drug-likeness (QED) is 0.922. The minimum Gasteiger partial charge on any atom is -0.444 e. The molecule has 1 N–H and O–H groups in total. The van der Waals surface area contributed by atoms with E-state index >= 15 is 0 Å². The molecular weight excluding hydrogens is 323 g/mol. The van der Waals surface area contributed by atoms with Gasteiger partial charge in [-0.15, -0.1) is 0 Å². The molecule has 2 fully saturated rings. The molecule has 5 nitrogen and oxygen atoms in total. The Balaban J connectivity index is 1.47. The van der Waals surface area contributed by atoms with E-state index in [0.29, 0.717) is 25.6 Å². The van der Waals surface area contributed by atoms with Gasteiger partial charge in [-0.3, -0.25) is 4.90 Å². The summed E-state index contributed by atoms with van der Waals surface area (Å²) >= 11 is 0. The minimum absolute atomic E-state index is 0.220. The van der Waals surface area contributed by atoms with E-state index in [0.717, 1.165) is 37.1 Å².